The molecule has 1 saturated carbocycles. The topological polar surface area (TPSA) is 74.4 Å². The molecule has 0 radical (unpaired) electrons. The molecule has 4 rings (SSSR count). The highest BCUT2D eigenvalue weighted by molar-refractivity contribution is 6.20. The van der Waals surface area contributed by atoms with Gasteiger partial charge in [-0.25, -0.2) is 4.79 Å². The Morgan fingerprint density at radius 1 is 1.25 bits per heavy atom. The molecule has 36 heavy (non-hydrogen) atoms. The van der Waals surface area contributed by atoms with Crippen molar-refractivity contribution in [2.75, 3.05) is 43.1 Å². The molecule has 2 aliphatic heterocycles. The SMILES string of the molecule is CCC(CN(CC)C1CC1)c1ccc2c(c1)N(C(=O)OC1CC(Cl)CNC1OC)CC(C)N2C(C)=O. The molecule has 1 saturated heterocycles. The van der Waals surface area contributed by atoms with Gasteiger partial charge in [0, 0.05) is 51.5 Å². The van der Waals surface area contributed by atoms with Gasteiger partial charge in [-0.2, -0.15) is 0 Å². The van der Waals surface area contributed by atoms with E-state index >= 15 is 0 Å². The van der Waals surface area contributed by atoms with Crippen molar-refractivity contribution in [3.05, 3.63) is 23.8 Å². The Labute approximate surface area is 220 Å². The number of likely N-dealkylation sites (N-methyl/N-ethyl adjacent to an activating group) is 1. The fourth-order valence-corrected chi connectivity index (χ4v) is 5.92. The molecule has 2 heterocycles. The van der Waals surface area contributed by atoms with E-state index in [1.807, 2.05) is 13.0 Å². The second-order valence-electron chi connectivity index (χ2n) is 10.3. The highest BCUT2D eigenvalue weighted by atomic mass is 35.5. The molecule has 0 bridgehead atoms. The number of piperidine rings is 1. The van der Waals surface area contributed by atoms with Crippen LogP contribution in [0.25, 0.3) is 0 Å². The third kappa shape index (κ3) is 5.82. The normalized spacial score (nSPS) is 27.1. The van der Waals surface area contributed by atoms with Crippen molar-refractivity contribution in [3.8, 4) is 0 Å². The summed E-state index contributed by atoms with van der Waals surface area (Å²) in [6, 6.07) is 6.72. The number of hydrogen-bond donors (Lipinski definition) is 1. The zero-order chi connectivity index (χ0) is 26.0. The van der Waals surface area contributed by atoms with E-state index in [4.69, 9.17) is 21.1 Å². The van der Waals surface area contributed by atoms with Crippen LogP contribution in [0.15, 0.2) is 18.2 Å². The minimum atomic E-state index is -0.494. The van der Waals surface area contributed by atoms with Crippen molar-refractivity contribution in [1.29, 1.82) is 0 Å². The predicted molar refractivity (Wildman–Crippen MR) is 143 cm³/mol. The number of nitrogens with zero attached hydrogens (tertiary/aromatic N) is 3. The average Bonchev–Trinajstić information content (AvgIpc) is 3.69. The predicted octanol–water partition coefficient (Wildman–Crippen LogP) is 4.30. The molecule has 1 aromatic carbocycles. The van der Waals surface area contributed by atoms with Gasteiger partial charge >= 0.3 is 6.09 Å². The number of fused-ring (bicyclic) bond motifs is 1. The van der Waals surface area contributed by atoms with E-state index < -0.39 is 18.4 Å². The second-order valence-corrected chi connectivity index (χ2v) is 11.0. The Morgan fingerprint density at radius 3 is 2.61 bits per heavy atom. The van der Waals surface area contributed by atoms with Crippen LogP contribution in [0.5, 0.6) is 0 Å². The maximum absolute atomic E-state index is 13.6. The first kappa shape index (κ1) is 27.2. The van der Waals surface area contributed by atoms with E-state index in [2.05, 4.69) is 36.2 Å². The summed E-state index contributed by atoms with van der Waals surface area (Å²) in [5, 5.41) is 3.05. The molecule has 200 valence electrons. The van der Waals surface area contributed by atoms with Crippen molar-refractivity contribution in [1.82, 2.24) is 10.2 Å². The van der Waals surface area contributed by atoms with Crippen LogP contribution in [0.2, 0.25) is 0 Å². The summed E-state index contributed by atoms with van der Waals surface area (Å²) in [6.45, 7) is 11.0. The quantitative estimate of drug-likeness (QED) is 0.515. The fraction of sp³-hybridized carbons (Fsp3) is 0.704. The monoisotopic (exact) mass is 520 g/mol. The molecule has 9 heteroatoms. The van der Waals surface area contributed by atoms with Gasteiger partial charge in [-0.1, -0.05) is 19.9 Å². The van der Waals surface area contributed by atoms with Crippen molar-refractivity contribution < 1.29 is 19.1 Å². The van der Waals surface area contributed by atoms with Gasteiger partial charge in [0.1, 0.15) is 12.3 Å². The van der Waals surface area contributed by atoms with Gasteiger partial charge in [0.15, 0.2) is 0 Å². The van der Waals surface area contributed by atoms with Gasteiger partial charge in [-0.3, -0.25) is 15.0 Å². The van der Waals surface area contributed by atoms with Crippen molar-refractivity contribution >= 4 is 35.0 Å². The molecule has 2 fully saturated rings. The molecular formula is C27H41ClN4O4. The lowest BCUT2D eigenvalue weighted by Gasteiger charge is -2.42. The minimum absolute atomic E-state index is 0.0386. The summed E-state index contributed by atoms with van der Waals surface area (Å²) in [4.78, 5) is 32.1. The number of hydrogen-bond acceptors (Lipinski definition) is 6. The summed E-state index contributed by atoms with van der Waals surface area (Å²) in [5.41, 5.74) is 2.65. The summed E-state index contributed by atoms with van der Waals surface area (Å²) >= 11 is 6.34. The lowest BCUT2D eigenvalue weighted by atomic mass is 9.93. The molecule has 3 aliphatic rings. The van der Waals surface area contributed by atoms with Crippen LogP contribution in [0.4, 0.5) is 16.2 Å². The van der Waals surface area contributed by atoms with Gasteiger partial charge < -0.3 is 19.3 Å². The lowest BCUT2D eigenvalue weighted by molar-refractivity contribution is -0.117. The number of carbonyl (C=O) groups excluding carboxylic acids is 2. The van der Waals surface area contributed by atoms with Crippen LogP contribution in [-0.4, -0.2) is 80.0 Å². The number of methoxy groups -OCH3 is 1. The fourth-order valence-electron chi connectivity index (χ4n) is 5.65. The summed E-state index contributed by atoms with van der Waals surface area (Å²) < 4.78 is 11.5. The third-order valence-corrected chi connectivity index (χ3v) is 8.09. The Balaban J connectivity index is 1.63. The van der Waals surface area contributed by atoms with E-state index in [1.165, 1.54) is 18.4 Å². The maximum Gasteiger partial charge on any atom is 0.414 e. The Bertz CT molecular complexity index is 942. The van der Waals surface area contributed by atoms with E-state index in [-0.39, 0.29) is 17.3 Å². The van der Waals surface area contributed by atoms with Crippen LogP contribution in [0.3, 0.4) is 0 Å². The third-order valence-electron chi connectivity index (χ3n) is 7.76. The van der Waals surface area contributed by atoms with Crippen LogP contribution >= 0.6 is 11.6 Å². The van der Waals surface area contributed by atoms with Gasteiger partial charge in [0.2, 0.25) is 5.91 Å². The molecule has 5 atom stereocenters. The van der Waals surface area contributed by atoms with Gasteiger partial charge in [-0.15, -0.1) is 11.6 Å². The van der Waals surface area contributed by atoms with Gasteiger partial charge in [0.25, 0.3) is 0 Å². The highest BCUT2D eigenvalue weighted by Gasteiger charge is 2.38. The van der Waals surface area contributed by atoms with Gasteiger partial charge in [-0.05, 0) is 56.3 Å². The number of halogens is 1. The molecule has 1 N–H and O–H groups in total. The molecular weight excluding hydrogens is 480 g/mol. The zero-order valence-electron chi connectivity index (χ0n) is 22.2. The first-order valence-electron chi connectivity index (χ1n) is 13.3. The van der Waals surface area contributed by atoms with Gasteiger partial charge in [0.05, 0.1) is 17.4 Å². The lowest BCUT2D eigenvalue weighted by Crippen LogP contribution is -2.55. The van der Waals surface area contributed by atoms with E-state index in [1.54, 1.807) is 23.8 Å². The van der Waals surface area contributed by atoms with Crippen LogP contribution in [-0.2, 0) is 14.3 Å². The maximum atomic E-state index is 13.6. The number of ether oxygens (including phenoxy) is 2. The van der Waals surface area contributed by atoms with Crippen molar-refractivity contribution in [2.45, 2.75) is 89.1 Å². The number of benzene rings is 1. The zero-order valence-corrected chi connectivity index (χ0v) is 23.0. The average molecular weight is 521 g/mol. The Kier molecular flexibility index (Phi) is 8.81. The molecule has 1 aromatic rings. The smallest absolute Gasteiger partial charge is 0.414 e. The van der Waals surface area contributed by atoms with Crippen LogP contribution in [0, 0.1) is 0 Å². The first-order chi connectivity index (χ1) is 17.3. The molecule has 0 spiro atoms. The number of anilines is 2. The van der Waals surface area contributed by atoms with E-state index in [0.29, 0.717) is 31.5 Å². The van der Waals surface area contributed by atoms with Crippen molar-refractivity contribution in [2.24, 2.45) is 0 Å². The highest BCUT2D eigenvalue weighted by Crippen LogP contribution is 2.40. The summed E-state index contributed by atoms with van der Waals surface area (Å²) in [5.74, 6) is 0.305. The van der Waals surface area contributed by atoms with Crippen LogP contribution < -0.4 is 15.1 Å². The molecule has 2 amide bonds. The Morgan fingerprint density at radius 2 is 2.00 bits per heavy atom. The number of carbonyl (C=O) groups is 2. The van der Waals surface area contributed by atoms with Crippen molar-refractivity contribution in [3.63, 3.8) is 0 Å². The van der Waals surface area contributed by atoms with E-state index in [9.17, 15) is 9.59 Å². The largest absolute Gasteiger partial charge is 0.442 e. The second kappa shape index (κ2) is 11.7. The minimum Gasteiger partial charge on any atom is -0.442 e. The van der Waals surface area contributed by atoms with Crippen LogP contribution in [0.1, 0.15) is 64.9 Å². The summed E-state index contributed by atoms with van der Waals surface area (Å²) in [6.07, 6.45) is 2.73. The molecule has 8 nitrogen and oxygen atoms in total. The molecule has 1 aliphatic carbocycles. The number of rotatable bonds is 8. The Hall–Kier alpha value is -1.87. The molecule has 0 aromatic heterocycles. The number of nitrogens with one attached hydrogen (secondary N) is 1. The standard InChI is InChI=1S/C27H41ClN4O4/c1-6-19(16-30(7-2)22-9-10-22)20-8-11-23-24(12-20)31(15-17(3)32(23)18(4)33)27(34)36-25-13-21(28)14-29-26(25)35-5/h8,11-12,17,19,21-22,25-26,29H,6-7,9-10,13-16H2,1-5H3. The number of alkyl halides is 1. The van der Waals surface area contributed by atoms with E-state index in [0.717, 1.165) is 30.9 Å². The number of amides is 2. The first-order valence-corrected chi connectivity index (χ1v) is 13.8. The molecule has 5 unspecified atom stereocenters. The summed E-state index contributed by atoms with van der Waals surface area (Å²) in [7, 11) is 1.59.